The minimum Gasteiger partial charge on any atom is -0.496 e. The van der Waals surface area contributed by atoms with E-state index in [1.54, 1.807) is 30.8 Å². The van der Waals surface area contributed by atoms with Crippen LogP contribution < -0.4 is 19.5 Å². The Morgan fingerprint density at radius 2 is 1.88 bits per heavy atom. The van der Waals surface area contributed by atoms with Gasteiger partial charge in [-0.3, -0.25) is 0 Å². The number of thiazole rings is 1. The van der Waals surface area contributed by atoms with Crippen LogP contribution in [0.15, 0.2) is 23.7 Å². The van der Waals surface area contributed by atoms with E-state index in [1.165, 1.54) is 30.0 Å². The molecule has 0 aliphatic rings. The number of nitro groups is 1. The molecule has 0 saturated heterocycles. The molecule has 3 aromatic rings. The van der Waals surface area contributed by atoms with Gasteiger partial charge in [0.2, 0.25) is 5.82 Å². The molecule has 1 aromatic carbocycles. The van der Waals surface area contributed by atoms with Gasteiger partial charge in [0, 0.05) is 23.6 Å². The predicted molar refractivity (Wildman–Crippen MR) is 93.1 cm³/mol. The SMILES string of the molecule is COc1cc(OC)c(OC)cc1CNc1nc2sccn2c1[N+](=O)[O-]. The number of imidazole rings is 1. The van der Waals surface area contributed by atoms with Crippen LogP contribution in [0.5, 0.6) is 17.2 Å². The zero-order valence-electron chi connectivity index (χ0n) is 13.8. The molecule has 0 saturated carbocycles. The topological polar surface area (TPSA) is 100 Å². The van der Waals surface area contributed by atoms with Crippen LogP contribution in [-0.2, 0) is 6.54 Å². The Morgan fingerprint density at radius 1 is 1.20 bits per heavy atom. The summed E-state index contributed by atoms with van der Waals surface area (Å²) in [5.41, 5.74) is 0.755. The Hall–Kier alpha value is -3.01. The molecule has 9 nitrogen and oxygen atoms in total. The van der Waals surface area contributed by atoms with Crippen LogP contribution in [0.2, 0.25) is 0 Å². The zero-order chi connectivity index (χ0) is 18.0. The first-order valence-corrected chi connectivity index (χ1v) is 8.09. The molecule has 0 spiro atoms. The number of hydrogen-bond donors (Lipinski definition) is 1. The molecule has 0 aliphatic carbocycles. The Labute approximate surface area is 146 Å². The Kier molecular flexibility index (Phi) is 4.61. The molecule has 25 heavy (non-hydrogen) atoms. The van der Waals surface area contributed by atoms with E-state index in [9.17, 15) is 10.1 Å². The summed E-state index contributed by atoms with van der Waals surface area (Å²) in [5, 5.41) is 16.1. The summed E-state index contributed by atoms with van der Waals surface area (Å²) in [6.07, 6.45) is 1.62. The van der Waals surface area contributed by atoms with Crippen molar-refractivity contribution in [2.75, 3.05) is 26.6 Å². The number of nitrogens with one attached hydrogen (secondary N) is 1. The van der Waals surface area contributed by atoms with Crippen molar-refractivity contribution in [1.82, 2.24) is 9.38 Å². The van der Waals surface area contributed by atoms with Gasteiger partial charge >= 0.3 is 5.82 Å². The van der Waals surface area contributed by atoms with Gasteiger partial charge in [0.1, 0.15) is 11.9 Å². The largest absolute Gasteiger partial charge is 0.496 e. The predicted octanol–water partition coefficient (Wildman–Crippen LogP) is 2.94. The highest BCUT2D eigenvalue weighted by Gasteiger charge is 2.23. The number of rotatable bonds is 7. The second kappa shape index (κ2) is 6.85. The lowest BCUT2D eigenvalue weighted by Crippen LogP contribution is -2.05. The first-order valence-electron chi connectivity index (χ1n) is 7.21. The molecule has 0 fully saturated rings. The molecule has 0 bridgehead atoms. The zero-order valence-corrected chi connectivity index (χ0v) is 14.6. The number of nitrogens with zero attached hydrogens (tertiary/aromatic N) is 3. The van der Waals surface area contributed by atoms with E-state index in [0.29, 0.717) is 22.2 Å². The summed E-state index contributed by atoms with van der Waals surface area (Å²) in [6, 6.07) is 3.46. The second-order valence-electron chi connectivity index (χ2n) is 4.97. The normalized spacial score (nSPS) is 10.7. The molecule has 0 radical (unpaired) electrons. The summed E-state index contributed by atoms with van der Waals surface area (Å²) in [5.74, 6) is 1.76. The maximum atomic E-state index is 11.4. The van der Waals surface area contributed by atoms with Gasteiger partial charge in [0.05, 0.1) is 21.3 Å². The van der Waals surface area contributed by atoms with Crippen LogP contribution in [0, 0.1) is 10.1 Å². The number of methoxy groups -OCH3 is 3. The van der Waals surface area contributed by atoms with E-state index >= 15 is 0 Å². The Bertz CT molecular complexity index is 920. The minimum atomic E-state index is -0.457. The molecule has 132 valence electrons. The van der Waals surface area contributed by atoms with E-state index in [1.807, 2.05) is 0 Å². The monoisotopic (exact) mass is 364 g/mol. The third-order valence-electron chi connectivity index (χ3n) is 3.64. The first-order chi connectivity index (χ1) is 12.1. The molecular formula is C15H16N4O5S. The van der Waals surface area contributed by atoms with Gasteiger partial charge < -0.3 is 29.6 Å². The number of ether oxygens (including phenoxy) is 3. The van der Waals surface area contributed by atoms with Gasteiger partial charge in [-0.25, -0.2) is 0 Å². The van der Waals surface area contributed by atoms with Crippen molar-refractivity contribution in [3.05, 3.63) is 39.4 Å². The van der Waals surface area contributed by atoms with Crippen molar-refractivity contribution in [2.45, 2.75) is 6.54 Å². The quantitative estimate of drug-likeness (QED) is 0.508. The summed E-state index contributed by atoms with van der Waals surface area (Å²) in [7, 11) is 4.62. The molecule has 1 N–H and O–H groups in total. The van der Waals surface area contributed by atoms with Crippen LogP contribution in [-0.4, -0.2) is 35.6 Å². The van der Waals surface area contributed by atoms with Gasteiger partial charge in [0.15, 0.2) is 11.5 Å². The Balaban J connectivity index is 1.92. The lowest BCUT2D eigenvalue weighted by atomic mass is 10.1. The van der Waals surface area contributed by atoms with Crippen LogP contribution in [0.3, 0.4) is 0 Å². The van der Waals surface area contributed by atoms with Gasteiger partial charge in [0.25, 0.3) is 4.96 Å². The lowest BCUT2D eigenvalue weighted by Gasteiger charge is -2.14. The van der Waals surface area contributed by atoms with Crippen LogP contribution >= 0.6 is 11.3 Å². The van der Waals surface area contributed by atoms with Gasteiger partial charge in [-0.2, -0.15) is 9.38 Å². The number of anilines is 1. The average molecular weight is 364 g/mol. The van der Waals surface area contributed by atoms with Gasteiger partial charge in [-0.05, 0) is 11.0 Å². The fraction of sp³-hybridized carbons (Fsp3) is 0.267. The third-order valence-corrected chi connectivity index (χ3v) is 4.40. The molecule has 2 heterocycles. The summed E-state index contributed by atoms with van der Waals surface area (Å²) < 4.78 is 17.3. The lowest BCUT2D eigenvalue weighted by molar-refractivity contribution is -0.389. The minimum absolute atomic E-state index is 0.101. The molecule has 0 atom stereocenters. The van der Waals surface area contributed by atoms with Crippen molar-refractivity contribution in [3.63, 3.8) is 0 Å². The molecular weight excluding hydrogens is 348 g/mol. The van der Waals surface area contributed by atoms with Crippen molar-refractivity contribution in [3.8, 4) is 17.2 Å². The number of benzene rings is 1. The highest BCUT2D eigenvalue weighted by molar-refractivity contribution is 7.15. The van der Waals surface area contributed by atoms with Crippen molar-refractivity contribution < 1.29 is 19.1 Å². The number of fused-ring (bicyclic) bond motifs is 1. The molecule has 0 unspecified atom stereocenters. The van der Waals surface area contributed by atoms with Crippen LogP contribution in [0.1, 0.15) is 5.56 Å². The highest BCUT2D eigenvalue weighted by atomic mass is 32.1. The van der Waals surface area contributed by atoms with E-state index in [2.05, 4.69) is 10.3 Å². The van der Waals surface area contributed by atoms with E-state index in [4.69, 9.17) is 14.2 Å². The maximum absolute atomic E-state index is 11.4. The summed E-state index contributed by atoms with van der Waals surface area (Å²) in [4.78, 5) is 15.7. The molecule has 0 aliphatic heterocycles. The number of hydrogen-bond acceptors (Lipinski definition) is 8. The van der Waals surface area contributed by atoms with E-state index in [-0.39, 0.29) is 18.2 Å². The van der Waals surface area contributed by atoms with E-state index in [0.717, 1.165) is 5.56 Å². The second-order valence-corrected chi connectivity index (χ2v) is 5.84. The van der Waals surface area contributed by atoms with Crippen LogP contribution in [0.4, 0.5) is 11.6 Å². The third kappa shape index (κ3) is 3.03. The van der Waals surface area contributed by atoms with Crippen LogP contribution in [0.25, 0.3) is 4.96 Å². The van der Waals surface area contributed by atoms with Gasteiger partial charge in [-0.1, -0.05) is 11.3 Å². The number of aromatic nitrogens is 2. The van der Waals surface area contributed by atoms with E-state index < -0.39 is 4.92 Å². The van der Waals surface area contributed by atoms with Crippen molar-refractivity contribution in [1.29, 1.82) is 0 Å². The summed E-state index contributed by atoms with van der Waals surface area (Å²) >= 11 is 1.33. The average Bonchev–Trinajstić information content (AvgIpc) is 3.19. The standard InChI is InChI=1S/C15H16N4O5S/c1-22-10-7-12(24-3)11(23-2)6-9(10)8-16-13-14(19(20)21)18-4-5-25-15(18)17-13/h4-7,16H,8H2,1-3H3. The molecule has 10 heteroatoms. The molecule has 0 amide bonds. The maximum Gasteiger partial charge on any atom is 0.372 e. The van der Waals surface area contributed by atoms with Crippen molar-refractivity contribution >= 4 is 27.9 Å². The smallest absolute Gasteiger partial charge is 0.372 e. The van der Waals surface area contributed by atoms with Crippen molar-refractivity contribution in [2.24, 2.45) is 0 Å². The molecule has 2 aromatic heterocycles. The fourth-order valence-corrected chi connectivity index (χ4v) is 3.19. The molecule has 3 rings (SSSR count). The first kappa shape index (κ1) is 16.8. The highest BCUT2D eigenvalue weighted by Crippen LogP contribution is 2.35. The summed E-state index contributed by atoms with van der Waals surface area (Å²) in [6.45, 7) is 0.273. The Morgan fingerprint density at radius 3 is 2.52 bits per heavy atom. The fourth-order valence-electron chi connectivity index (χ4n) is 2.48. The van der Waals surface area contributed by atoms with Gasteiger partial charge in [-0.15, -0.1) is 0 Å².